The molecular formula is C8H7BrN2OS. The van der Waals surface area contributed by atoms with E-state index in [0.717, 1.165) is 5.01 Å². The van der Waals surface area contributed by atoms with Gasteiger partial charge in [-0.3, -0.25) is 4.79 Å². The van der Waals surface area contributed by atoms with Crippen LogP contribution in [0.4, 0.5) is 0 Å². The Balaban J connectivity index is 2.80. The SMILES string of the molecule is CC(=O)c1csc(C(Br)CC#N)n1. The van der Waals surface area contributed by atoms with Gasteiger partial charge in [0.2, 0.25) is 0 Å². The van der Waals surface area contributed by atoms with Crippen LogP contribution in [0.1, 0.15) is 33.7 Å². The van der Waals surface area contributed by atoms with E-state index in [4.69, 9.17) is 5.26 Å². The zero-order chi connectivity index (χ0) is 9.84. The van der Waals surface area contributed by atoms with Crippen molar-refractivity contribution < 1.29 is 4.79 Å². The molecule has 0 bridgehead atoms. The summed E-state index contributed by atoms with van der Waals surface area (Å²) in [5.41, 5.74) is 0.474. The summed E-state index contributed by atoms with van der Waals surface area (Å²) in [6.07, 6.45) is 0.366. The van der Waals surface area contributed by atoms with Crippen molar-refractivity contribution >= 4 is 33.0 Å². The summed E-state index contributed by atoms with van der Waals surface area (Å²) in [7, 11) is 0. The van der Waals surface area contributed by atoms with Gasteiger partial charge in [0.1, 0.15) is 10.7 Å². The molecule has 1 atom stereocenters. The van der Waals surface area contributed by atoms with E-state index in [-0.39, 0.29) is 10.6 Å². The van der Waals surface area contributed by atoms with Crippen LogP contribution in [0.2, 0.25) is 0 Å². The first-order valence-electron chi connectivity index (χ1n) is 3.62. The van der Waals surface area contributed by atoms with Gasteiger partial charge in [0.25, 0.3) is 0 Å². The van der Waals surface area contributed by atoms with Crippen molar-refractivity contribution in [3.8, 4) is 6.07 Å². The van der Waals surface area contributed by atoms with E-state index in [2.05, 4.69) is 20.9 Å². The third kappa shape index (κ3) is 2.61. The largest absolute Gasteiger partial charge is 0.293 e. The van der Waals surface area contributed by atoms with Crippen LogP contribution in [0.3, 0.4) is 0 Å². The maximum absolute atomic E-state index is 10.9. The van der Waals surface area contributed by atoms with Gasteiger partial charge in [-0.2, -0.15) is 5.26 Å². The Kier molecular flexibility index (Phi) is 3.58. The topological polar surface area (TPSA) is 53.8 Å². The van der Waals surface area contributed by atoms with E-state index in [9.17, 15) is 4.79 Å². The molecule has 0 aliphatic heterocycles. The van der Waals surface area contributed by atoms with Crippen LogP contribution in [-0.2, 0) is 0 Å². The summed E-state index contributed by atoms with van der Waals surface area (Å²) in [6.45, 7) is 1.48. The maximum Gasteiger partial charge on any atom is 0.178 e. The molecule has 0 aliphatic rings. The molecule has 1 aromatic heterocycles. The van der Waals surface area contributed by atoms with E-state index >= 15 is 0 Å². The van der Waals surface area contributed by atoms with Crippen molar-refractivity contribution in [3.05, 3.63) is 16.1 Å². The molecule has 0 amide bonds. The molecule has 3 nitrogen and oxygen atoms in total. The number of rotatable bonds is 3. The van der Waals surface area contributed by atoms with Crippen molar-refractivity contribution in [1.29, 1.82) is 5.26 Å². The lowest BCUT2D eigenvalue weighted by molar-refractivity contribution is 0.101. The normalized spacial score (nSPS) is 12.1. The first-order valence-corrected chi connectivity index (χ1v) is 5.42. The molecule has 68 valence electrons. The Bertz CT molecular complexity index is 355. The zero-order valence-electron chi connectivity index (χ0n) is 6.95. The van der Waals surface area contributed by atoms with Gasteiger partial charge in [-0.05, 0) is 0 Å². The van der Waals surface area contributed by atoms with Gasteiger partial charge in [0, 0.05) is 12.3 Å². The van der Waals surface area contributed by atoms with E-state index in [1.54, 1.807) is 5.38 Å². The van der Waals surface area contributed by atoms with Crippen molar-refractivity contribution in [2.45, 2.75) is 18.2 Å². The fourth-order valence-corrected chi connectivity index (χ4v) is 2.16. The number of nitriles is 1. The van der Waals surface area contributed by atoms with Gasteiger partial charge < -0.3 is 0 Å². The Morgan fingerprint density at radius 1 is 1.92 bits per heavy atom. The van der Waals surface area contributed by atoms with Gasteiger partial charge in [-0.15, -0.1) is 11.3 Å². The monoisotopic (exact) mass is 258 g/mol. The summed E-state index contributed by atoms with van der Waals surface area (Å²) in [6, 6.07) is 2.04. The lowest BCUT2D eigenvalue weighted by Crippen LogP contribution is -1.94. The van der Waals surface area contributed by atoms with Crippen LogP contribution >= 0.6 is 27.3 Å². The number of hydrogen-bond donors (Lipinski definition) is 0. The number of carbonyl (C=O) groups is 1. The number of hydrogen-bond acceptors (Lipinski definition) is 4. The zero-order valence-corrected chi connectivity index (χ0v) is 9.35. The maximum atomic E-state index is 10.9. The molecule has 0 spiro atoms. The third-order valence-corrected chi connectivity index (χ3v) is 3.44. The number of halogens is 1. The molecule has 0 aliphatic carbocycles. The highest BCUT2D eigenvalue weighted by atomic mass is 79.9. The lowest BCUT2D eigenvalue weighted by atomic mass is 10.3. The molecule has 1 unspecified atom stereocenters. The number of ketones is 1. The number of nitrogens with zero attached hydrogens (tertiary/aromatic N) is 2. The molecule has 0 N–H and O–H groups in total. The van der Waals surface area contributed by atoms with Gasteiger partial charge >= 0.3 is 0 Å². The number of aromatic nitrogens is 1. The standard InChI is InChI=1S/C8H7BrN2OS/c1-5(12)7-4-13-8(11-7)6(9)2-3-10/h4,6H,2H2,1H3. The summed E-state index contributed by atoms with van der Waals surface area (Å²) in [5.74, 6) is -0.0424. The van der Waals surface area contributed by atoms with E-state index in [1.807, 2.05) is 6.07 Å². The number of carbonyl (C=O) groups excluding carboxylic acids is 1. The average molecular weight is 259 g/mol. The first kappa shape index (κ1) is 10.4. The highest BCUT2D eigenvalue weighted by molar-refractivity contribution is 9.09. The van der Waals surface area contributed by atoms with Gasteiger partial charge in [-0.25, -0.2) is 4.98 Å². The third-order valence-electron chi connectivity index (χ3n) is 1.42. The highest BCUT2D eigenvalue weighted by Crippen LogP contribution is 2.28. The van der Waals surface area contributed by atoms with Gasteiger partial charge in [0.05, 0.1) is 17.3 Å². The molecule has 0 saturated heterocycles. The quantitative estimate of drug-likeness (QED) is 0.619. The fraction of sp³-hybridized carbons (Fsp3) is 0.375. The molecule has 0 aromatic carbocycles. The van der Waals surface area contributed by atoms with Crippen LogP contribution in [0, 0.1) is 11.3 Å². The second kappa shape index (κ2) is 4.49. The highest BCUT2D eigenvalue weighted by Gasteiger charge is 2.13. The number of thiazole rings is 1. The van der Waals surface area contributed by atoms with E-state index in [1.165, 1.54) is 18.3 Å². The Morgan fingerprint density at radius 2 is 2.62 bits per heavy atom. The molecular weight excluding hydrogens is 252 g/mol. The van der Waals surface area contributed by atoms with Crippen LogP contribution in [-0.4, -0.2) is 10.8 Å². The molecule has 1 rings (SSSR count). The minimum atomic E-state index is -0.0596. The molecule has 0 radical (unpaired) electrons. The molecule has 0 fully saturated rings. The number of alkyl halides is 1. The average Bonchev–Trinajstić information content (AvgIpc) is 2.52. The first-order chi connectivity index (χ1) is 6.15. The summed E-state index contributed by atoms with van der Waals surface area (Å²) < 4.78 is 0. The molecule has 0 saturated carbocycles. The molecule has 5 heteroatoms. The fourth-order valence-electron chi connectivity index (χ4n) is 0.761. The van der Waals surface area contributed by atoms with Gasteiger partial charge in [0.15, 0.2) is 5.78 Å². The predicted molar refractivity (Wildman–Crippen MR) is 54.0 cm³/mol. The van der Waals surface area contributed by atoms with Crippen molar-refractivity contribution in [2.75, 3.05) is 0 Å². The predicted octanol–water partition coefficient (Wildman–Crippen LogP) is 2.70. The van der Waals surface area contributed by atoms with Crippen molar-refractivity contribution in [3.63, 3.8) is 0 Å². The minimum Gasteiger partial charge on any atom is -0.293 e. The van der Waals surface area contributed by atoms with E-state index in [0.29, 0.717) is 12.1 Å². The second-order valence-electron chi connectivity index (χ2n) is 2.46. The summed E-state index contributed by atoms with van der Waals surface area (Å²) in [5, 5.41) is 10.9. The summed E-state index contributed by atoms with van der Waals surface area (Å²) in [4.78, 5) is 14.9. The van der Waals surface area contributed by atoms with Crippen LogP contribution in [0.5, 0.6) is 0 Å². The van der Waals surface area contributed by atoms with Crippen LogP contribution in [0.15, 0.2) is 5.38 Å². The van der Waals surface area contributed by atoms with Crippen LogP contribution in [0.25, 0.3) is 0 Å². The summed E-state index contributed by atoms with van der Waals surface area (Å²) >= 11 is 4.72. The molecule has 1 heterocycles. The Labute approximate surface area is 88.5 Å². The van der Waals surface area contributed by atoms with Crippen molar-refractivity contribution in [2.24, 2.45) is 0 Å². The minimum absolute atomic E-state index is 0.0424. The Morgan fingerprint density at radius 3 is 3.08 bits per heavy atom. The lowest BCUT2D eigenvalue weighted by Gasteiger charge is -1.97. The Hall–Kier alpha value is -0.730. The van der Waals surface area contributed by atoms with Crippen molar-refractivity contribution in [1.82, 2.24) is 4.98 Å². The molecule has 1 aromatic rings. The van der Waals surface area contributed by atoms with E-state index < -0.39 is 0 Å². The van der Waals surface area contributed by atoms with Crippen LogP contribution < -0.4 is 0 Å². The smallest absolute Gasteiger partial charge is 0.178 e. The molecule has 13 heavy (non-hydrogen) atoms. The second-order valence-corrected chi connectivity index (χ2v) is 4.45. The van der Waals surface area contributed by atoms with Gasteiger partial charge in [-0.1, -0.05) is 15.9 Å². The number of Topliss-reactive ketones (excluding diaryl/α,β-unsaturated/α-hetero) is 1.